The number of hydrogen-bond acceptors (Lipinski definition) is 4. The van der Waals surface area contributed by atoms with Crippen LogP contribution in [-0.4, -0.2) is 55.3 Å². The van der Waals surface area contributed by atoms with Crippen LogP contribution in [0.1, 0.15) is 43.9 Å². The Morgan fingerprint density at radius 2 is 1.91 bits per heavy atom. The van der Waals surface area contributed by atoms with Crippen molar-refractivity contribution in [3.05, 3.63) is 59.7 Å². The molecule has 0 bridgehead atoms. The van der Waals surface area contributed by atoms with Gasteiger partial charge in [0.05, 0.1) is 7.11 Å². The molecule has 1 aliphatic heterocycles. The summed E-state index contributed by atoms with van der Waals surface area (Å²) in [5.41, 5.74) is 2.48. The number of nitrogens with zero attached hydrogens (tertiary/aromatic N) is 2. The molecule has 1 unspecified atom stereocenters. The first-order chi connectivity index (χ1) is 15.1. The fourth-order valence-electron chi connectivity index (χ4n) is 4.06. The lowest BCUT2D eigenvalue weighted by Gasteiger charge is -2.37. The Bertz CT molecular complexity index is 839. The quantitative estimate of drug-likeness (QED) is 0.258. The van der Waals surface area contributed by atoms with E-state index in [1.165, 1.54) is 5.56 Å². The first-order valence-electron chi connectivity index (χ1n) is 11.3. The lowest BCUT2D eigenvalue weighted by molar-refractivity contribution is 0.158. The fourth-order valence-corrected chi connectivity index (χ4v) is 4.06. The van der Waals surface area contributed by atoms with Crippen LogP contribution in [0, 0.1) is 0 Å². The Kier molecular flexibility index (Phi) is 11.1. The van der Waals surface area contributed by atoms with Gasteiger partial charge in [-0.3, -0.25) is 9.89 Å². The predicted molar refractivity (Wildman–Crippen MR) is 142 cm³/mol. The molecule has 6 nitrogen and oxygen atoms in total. The zero-order chi connectivity index (χ0) is 22.1. The number of piperidine rings is 1. The van der Waals surface area contributed by atoms with Gasteiger partial charge in [-0.2, -0.15) is 0 Å². The van der Waals surface area contributed by atoms with Gasteiger partial charge < -0.3 is 20.5 Å². The number of aromatic hydroxyl groups is 1. The normalized spacial score (nSPS) is 16.2. The van der Waals surface area contributed by atoms with Gasteiger partial charge in [-0.25, -0.2) is 0 Å². The number of hydrogen-bond donors (Lipinski definition) is 3. The van der Waals surface area contributed by atoms with Crippen molar-refractivity contribution in [3.63, 3.8) is 0 Å². The maximum Gasteiger partial charge on any atom is 0.191 e. The van der Waals surface area contributed by atoms with E-state index in [1.54, 1.807) is 13.2 Å². The Labute approximate surface area is 209 Å². The summed E-state index contributed by atoms with van der Waals surface area (Å²) in [6.45, 7) is 8.07. The van der Waals surface area contributed by atoms with Gasteiger partial charge in [0.1, 0.15) is 0 Å². The second kappa shape index (κ2) is 13.5. The van der Waals surface area contributed by atoms with Crippen molar-refractivity contribution in [2.75, 3.05) is 33.3 Å². The van der Waals surface area contributed by atoms with Crippen molar-refractivity contribution < 1.29 is 9.84 Å². The van der Waals surface area contributed by atoms with E-state index in [2.05, 4.69) is 59.7 Å². The lowest BCUT2D eigenvalue weighted by Crippen LogP contribution is -2.49. The number of phenols is 1. The molecule has 3 N–H and O–H groups in total. The summed E-state index contributed by atoms with van der Waals surface area (Å²) in [4.78, 5) is 7.33. The highest BCUT2D eigenvalue weighted by Crippen LogP contribution is 2.26. The highest BCUT2D eigenvalue weighted by Gasteiger charge is 2.24. The van der Waals surface area contributed by atoms with Crippen molar-refractivity contribution >= 4 is 29.9 Å². The number of halogens is 1. The molecule has 3 rings (SSSR count). The van der Waals surface area contributed by atoms with E-state index in [1.807, 2.05) is 12.1 Å². The van der Waals surface area contributed by atoms with Gasteiger partial charge in [-0.15, -0.1) is 24.0 Å². The molecule has 1 atom stereocenters. The van der Waals surface area contributed by atoms with Crippen LogP contribution >= 0.6 is 24.0 Å². The molecule has 0 amide bonds. The summed E-state index contributed by atoms with van der Waals surface area (Å²) < 4.78 is 5.19. The van der Waals surface area contributed by atoms with Gasteiger partial charge >= 0.3 is 0 Å². The predicted octanol–water partition coefficient (Wildman–Crippen LogP) is 4.34. The van der Waals surface area contributed by atoms with Gasteiger partial charge in [0, 0.05) is 38.3 Å². The van der Waals surface area contributed by atoms with E-state index < -0.39 is 0 Å². The molecule has 32 heavy (non-hydrogen) atoms. The zero-order valence-corrected chi connectivity index (χ0v) is 21.7. The maximum atomic E-state index is 9.74. The van der Waals surface area contributed by atoms with Crippen molar-refractivity contribution in [3.8, 4) is 11.5 Å². The third-order valence-corrected chi connectivity index (χ3v) is 5.96. The molecule has 0 spiro atoms. The van der Waals surface area contributed by atoms with E-state index in [-0.39, 0.29) is 29.7 Å². The highest BCUT2D eigenvalue weighted by molar-refractivity contribution is 14.0. The number of aliphatic imine (C=N–C) groups is 1. The van der Waals surface area contributed by atoms with Crippen LogP contribution in [0.2, 0.25) is 0 Å². The number of nitrogens with one attached hydrogen (secondary N) is 2. The molecule has 1 heterocycles. The van der Waals surface area contributed by atoms with Crippen molar-refractivity contribution in [1.82, 2.24) is 15.5 Å². The minimum Gasteiger partial charge on any atom is -0.504 e. The van der Waals surface area contributed by atoms with Crippen LogP contribution in [0.25, 0.3) is 0 Å². The van der Waals surface area contributed by atoms with Crippen molar-refractivity contribution in [2.45, 2.75) is 45.2 Å². The number of phenolic OH excluding ortho intramolecular Hbond substituents is 1. The molecule has 1 fully saturated rings. The average Bonchev–Trinajstić information content (AvgIpc) is 2.81. The number of methoxy groups -OCH3 is 1. The van der Waals surface area contributed by atoms with Gasteiger partial charge in [-0.05, 0) is 56.4 Å². The molecule has 7 heteroatoms. The minimum absolute atomic E-state index is 0. The van der Waals surface area contributed by atoms with Crippen molar-refractivity contribution in [2.24, 2.45) is 4.99 Å². The molecule has 1 saturated heterocycles. The third-order valence-electron chi connectivity index (χ3n) is 5.96. The fraction of sp³-hybridized carbons (Fsp3) is 0.480. The highest BCUT2D eigenvalue weighted by atomic mass is 127. The smallest absolute Gasteiger partial charge is 0.191 e. The van der Waals surface area contributed by atoms with Crippen LogP contribution < -0.4 is 15.4 Å². The van der Waals surface area contributed by atoms with Crippen molar-refractivity contribution in [1.29, 1.82) is 0 Å². The van der Waals surface area contributed by atoms with Gasteiger partial charge in [-0.1, -0.05) is 36.4 Å². The van der Waals surface area contributed by atoms with E-state index >= 15 is 0 Å². The molecule has 176 valence electrons. The second-order valence-electron chi connectivity index (χ2n) is 8.06. The summed E-state index contributed by atoms with van der Waals surface area (Å²) in [5.74, 6) is 1.54. The van der Waals surface area contributed by atoms with Crippen LogP contribution in [0.15, 0.2) is 53.5 Å². The summed E-state index contributed by atoms with van der Waals surface area (Å²) in [5, 5.41) is 16.7. The van der Waals surface area contributed by atoms with Crippen LogP contribution in [0.3, 0.4) is 0 Å². The first-order valence-corrected chi connectivity index (χ1v) is 11.3. The molecular weight excluding hydrogens is 515 g/mol. The number of rotatable bonds is 8. The average molecular weight is 553 g/mol. The molecule has 2 aromatic carbocycles. The number of guanidine groups is 1. The number of benzene rings is 2. The molecule has 0 aliphatic carbocycles. The maximum absolute atomic E-state index is 9.74. The second-order valence-corrected chi connectivity index (χ2v) is 8.06. The Morgan fingerprint density at radius 3 is 2.56 bits per heavy atom. The molecule has 0 saturated carbocycles. The largest absolute Gasteiger partial charge is 0.504 e. The standard InChI is InChI=1S/C25H36N4O2.HI/c1-4-26-25(27-15-12-20-10-11-23(30)24(18-20)31-3)28-22-13-16-29(17-14-22)19(2)21-8-6-5-7-9-21;/h5-11,18-19,22,30H,4,12-17H2,1-3H3,(H2,26,27,28);1H. The van der Waals surface area contributed by atoms with Crippen LogP contribution in [0.4, 0.5) is 0 Å². The molecule has 0 aromatic heterocycles. The Morgan fingerprint density at radius 1 is 1.19 bits per heavy atom. The molecule has 2 aromatic rings. The number of likely N-dealkylation sites (tertiary alicyclic amines) is 1. The molecule has 1 aliphatic rings. The molecular formula is C25H37IN4O2. The monoisotopic (exact) mass is 552 g/mol. The number of ether oxygens (including phenoxy) is 1. The third kappa shape index (κ3) is 7.55. The van der Waals surface area contributed by atoms with E-state index in [9.17, 15) is 5.11 Å². The SMILES string of the molecule is CCNC(=NCCc1ccc(O)c(OC)c1)NC1CCN(C(C)c2ccccc2)CC1.I. The van der Waals surface area contributed by atoms with Crippen LogP contribution in [-0.2, 0) is 6.42 Å². The van der Waals surface area contributed by atoms with Gasteiger partial charge in [0.15, 0.2) is 17.5 Å². The summed E-state index contributed by atoms with van der Waals surface area (Å²) >= 11 is 0. The Hall–Kier alpha value is -2.00. The summed E-state index contributed by atoms with van der Waals surface area (Å²) in [7, 11) is 1.57. The van der Waals surface area contributed by atoms with Gasteiger partial charge in [0.2, 0.25) is 0 Å². The van der Waals surface area contributed by atoms with E-state index in [0.29, 0.717) is 24.4 Å². The summed E-state index contributed by atoms with van der Waals surface area (Å²) in [6.07, 6.45) is 3.01. The zero-order valence-electron chi connectivity index (χ0n) is 19.4. The summed E-state index contributed by atoms with van der Waals surface area (Å²) in [6, 6.07) is 17.1. The Balaban J connectivity index is 0.00000363. The van der Waals surface area contributed by atoms with E-state index in [4.69, 9.17) is 9.73 Å². The molecule has 0 radical (unpaired) electrons. The first kappa shape index (κ1) is 26.3. The van der Waals surface area contributed by atoms with E-state index in [0.717, 1.165) is 50.4 Å². The lowest BCUT2D eigenvalue weighted by atomic mass is 10.0. The minimum atomic E-state index is 0. The van der Waals surface area contributed by atoms with Crippen LogP contribution in [0.5, 0.6) is 11.5 Å². The topological polar surface area (TPSA) is 69.1 Å². The van der Waals surface area contributed by atoms with Gasteiger partial charge in [0.25, 0.3) is 0 Å².